The van der Waals surface area contributed by atoms with Crippen LogP contribution in [-0.2, 0) is 9.53 Å². The van der Waals surface area contributed by atoms with Gasteiger partial charge in [-0.2, -0.15) is 11.8 Å². The number of carboxylic acid groups (broad SMARTS) is 1. The van der Waals surface area contributed by atoms with Crippen molar-refractivity contribution in [1.29, 1.82) is 0 Å². The number of rotatable bonds is 2. The van der Waals surface area contributed by atoms with Gasteiger partial charge in [0.25, 0.3) is 0 Å². The van der Waals surface area contributed by atoms with E-state index in [1.54, 1.807) is 11.8 Å². The van der Waals surface area contributed by atoms with Gasteiger partial charge in [0.05, 0.1) is 5.60 Å². The largest absolute Gasteiger partial charge is 0.479 e. The first kappa shape index (κ1) is 11.9. The fourth-order valence-electron chi connectivity index (χ4n) is 1.65. The number of thioether (sulfide) groups is 1. The number of carboxylic acids is 1. The predicted octanol–water partition coefficient (Wildman–Crippen LogP) is 2.15. The van der Waals surface area contributed by atoms with Crippen LogP contribution in [0.2, 0.25) is 0 Å². The summed E-state index contributed by atoms with van der Waals surface area (Å²) in [5.41, 5.74) is -1.35. The van der Waals surface area contributed by atoms with E-state index >= 15 is 0 Å². The summed E-state index contributed by atoms with van der Waals surface area (Å²) in [6, 6.07) is 0. The molecule has 1 heterocycles. The quantitative estimate of drug-likeness (QED) is 0.771. The van der Waals surface area contributed by atoms with Crippen LogP contribution in [0, 0.1) is 0 Å². The second-order valence-corrected chi connectivity index (χ2v) is 5.78. The number of hydrogen-bond acceptors (Lipinski definition) is 3. The van der Waals surface area contributed by atoms with Crippen molar-refractivity contribution in [2.24, 2.45) is 0 Å². The minimum Gasteiger partial charge on any atom is -0.479 e. The van der Waals surface area contributed by atoms with Crippen molar-refractivity contribution in [3.05, 3.63) is 0 Å². The van der Waals surface area contributed by atoms with Crippen molar-refractivity contribution < 1.29 is 14.6 Å². The lowest BCUT2D eigenvalue weighted by Crippen LogP contribution is -2.50. The van der Waals surface area contributed by atoms with Crippen molar-refractivity contribution >= 4 is 17.7 Å². The third-order valence-corrected chi connectivity index (χ3v) is 3.34. The molecule has 0 saturated carbocycles. The van der Waals surface area contributed by atoms with Crippen molar-refractivity contribution in [2.75, 3.05) is 11.5 Å². The molecule has 4 heteroatoms. The van der Waals surface area contributed by atoms with Gasteiger partial charge in [-0.05, 0) is 39.4 Å². The van der Waals surface area contributed by atoms with Gasteiger partial charge in [-0.3, -0.25) is 0 Å². The van der Waals surface area contributed by atoms with E-state index < -0.39 is 17.2 Å². The van der Waals surface area contributed by atoms with E-state index in [4.69, 9.17) is 4.74 Å². The zero-order valence-corrected chi connectivity index (χ0v) is 9.82. The minimum atomic E-state index is -0.957. The Morgan fingerprint density at radius 2 is 2.14 bits per heavy atom. The number of carbonyl (C=O) groups is 1. The van der Waals surface area contributed by atoms with Crippen LogP contribution in [0.1, 0.15) is 33.6 Å². The van der Waals surface area contributed by atoms with Gasteiger partial charge in [-0.1, -0.05) is 0 Å². The van der Waals surface area contributed by atoms with E-state index in [-0.39, 0.29) is 0 Å². The van der Waals surface area contributed by atoms with Crippen LogP contribution >= 0.6 is 11.8 Å². The topological polar surface area (TPSA) is 46.5 Å². The van der Waals surface area contributed by atoms with Gasteiger partial charge in [-0.25, -0.2) is 4.79 Å². The molecule has 1 atom stereocenters. The third-order valence-electron chi connectivity index (χ3n) is 2.10. The second kappa shape index (κ2) is 4.11. The van der Waals surface area contributed by atoms with Gasteiger partial charge >= 0.3 is 5.97 Å². The van der Waals surface area contributed by atoms with Gasteiger partial charge in [0, 0.05) is 5.75 Å². The average Bonchev–Trinajstić information content (AvgIpc) is 2.02. The molecule has 82 valence electrons. The van der Waals surface area contributed by atoms with Crippen LogP contribution in [-0.4, -0.2) is 33.8 Å². The maximum absolute atomic E-state index is 11.2. The molecule has 1 fully saturated rings. The smallest absolute Gasteiger partial charge is 0.336 e. The van der Waals surface area contributed by atoms with E-state index in [0.29, 0.717) is 12.2 Å². The number of aliphatic carboxylic acids is 1. The number of ether oxygens (including phenoxy) is 1. The Morgan fingerprint density at radius 1 is 1.50 bits per heavy atom. The lowest BCUT2D eigenvalue weighted by Gasteiger charge is -2.38. The predicted molar refractivity (Wildman–Crippen MR) is 57.8 cm³/mol. The van der Waals surface area contributed by atoms with Crippen LogP contribution in [0.5, 0.6) is 0 Å². The summed E-state index contributed by atoms with van der Waals surface area (Å²) in [4.78, 5) is 11.2. The molecule has 1 rings (SSSR count). The molecule has 0 amide bonds. The minimum absolute atomic E-state index is 0.393. The van der Waals surface area contributed by atoms with Gasteiger partial charge in [0.2, 0.25) is 0 Å². The van der Waals surface area contributed by atoms with Crippen LogP contribution in [0.15, 0.2) is 0 Å². The lowest BCUT2D eigenvalue weighted by atomic mass is 9.98. The summed E-state index contributed by atoms with van der Waals surface area (Å²) in [5.74, 6) is 0.793. The first-order chi connectivity index (χ1) is 6.36. The molecule has 0 aromatic heterocycles. The molecule has 1 N–H and O–H groups in total. The molecule has 0 aromatic carbocycles. The van der Waals surface area contributed by atoms with Gasteiger partial charge in [0.15, 0.2) is 5.60 Å². The fourth-order valence-corrected chi connectivity index (χ4v) is 2.80. The third kappa shape index (κ3) is 2.89. The summed E-state index contributed by atoms with van der Waals surface area (Å²) in [6.45, 7) is 5.70. The monoisotopic (exact) mass is 218 g/mol. The van der Waals surface area contributed by atoms with Crippen molar-refractivity contribution in [1.82, 2.24) is 0 Å². The Labute approximate surface area is 89.2 Å². The van der Waals surface area contributed by atoms with Gasteiger partial charge < -0.3 is 9.84 Å². The van der Waals surface area contributed by atoms with E-state index in [1.165, 1.54) is 0 Å². The molecule has 0 radical (unpaired) electrons. The molecule has 0 spiro atoms. The Morgan fingerprint density at radius 3 is 2.50 bits per heavy atom. The highest BCUT2D eigenvalue weighted by Gasteiger charge is 2.44. The van der Waals surface area contributed by atoms with Crippen LogP contribution < -0.4 is 0 Å². The molecular formula is C10H18O3S. The van der Waals surface area contributed by atoms with Crippen LogP contribution in [0.3, 0.4) is 0 Å². The average molecular weight is 218 g/mol. The summed E-state index contributed by atoms with van der Waals surface area (Å²) in [7, 11) is 0. The van der Waals surface area contributed by atoms with Crippen molar-refractivity contribution in [3.8, 4) is 0 Å². The molecule has 1 aliphatic heterocycles. The molecule has 0 aliphatic carbocycles. The molecule has 1 unspecified atom stereocenters. The maximum Gasteiger partial charge on any atom is 0.336 e. The molecule has 1 saturated heterocycles. The summed E-state index contributed by atoms with van der Waals surface area (Å²) >= 11 is 1.67. The van der Waals surface area contributed by atoms with Crippen molar-refractivity contribution in [3.63, 3.8) is 0 Å². The SMILES string of the molecule is CC(C)(C)OC1(C(=O)O)CCCSC1. The normalized spacial score (nSPS) is 28.8. The van der Waals surface area contributed by atoms with E-state index in [2.05, 4.69) is 0 Å². The standard InChI is InChI=1S/C10H18O3S/c1-9(2,3)13-10(8(11)12)5-4-6-14-7-10/h4-7H2,1-3H3,(H,11,12). The maximum atomic E-state index is 11.2. The zero-order valence-electron chi connectivity index (χ0n) is 9.00. The Kier molecular flexibility index (Phi) is 3.48. The molecule has 1 aliphatic rings. The zero-order chi connectivity index (χ0) is 10.8. The van der Waals surface area contributed by atoms with Crippen LogP contribution in [0.4, 0.5) is 0 Å². The van der Waals surface area contributed by atoms with Crippen molar-refractivity contribution in [2.45, 2.75) is 44.8 Å². The fraction of sp³-hybridized carbons (Fsp3) is 0.900. The molecule has 14 heavy (non-hydrogen) atoms. The Hall–Kier alpha value is -0.220. The Bertz CT molecular complexity index is 214. The summed E-state index contributed by atoms with van der Waals surface area (Å²) in [5, 5.41) is 9.21. The molecule has 0 bridgehead atoms. The highest BCUT2D eigenvalue weighted by molar-refractivity contribution is 7.99. The van der Waals surface area contributed by atoms with E-state index in [1.807, 2.05) is 20.8 Å². The Balaban J connectivity index is 2.76. The summed E-state index contributed by atoms with van der Waals surface area (Å²) in [6.07, 6.45) is 1.56. The van der Waals surface area contributed by atoms with Gasteiger partial charge in [-0.15, -0.1) is 0 Å². The number of hydrogen-bond donors (Lipinski definition) is 1. The lowest BCUT2D eigenvalue weighted by molar-refractivity contribution is -0.181. The van der Waals surface area contributed by atoms with E-state index in [0.717, 1.165) is 12.2 Å². The highest BCUT2D eigenvalue weighted by atomic mass is 32.2. The molecule has 0 aromatic rings. The molecular weight excluding hydrogens is 200 g/mol. The second-order valence-electron chi connectivity index (χ2n) is 4.67. The summed E-state index contributed by atoms with van der Waals surface area (Å²) < 4.78 is 5.71. The van der Waals surface area contributed by atoms with Crippen LogP contribution in [0.25, 0.3) is 0 Å². The highest BCUT2D eigenvalue weighted by Crippen LogP contribution is 2.33. The first-order valence-electron chi connectivity index (χ1n) is 4.87. The van der Waals surface area contributed by atoms with E-state index in [9.17, 15) is 9.90 Å². The van der Waals surface area contributed by atoms with Gasteiger partial charge in [0.1, 0.15) is 0 Å². The molecule has 3 nitrogen and oxygen atoms in total. The first-order valence-corrected chi connectivity index (χ1v) is 6.03.